The standard InChI is InChI=1S/C17H19FO2/c1-12-10-14(20-3)8-9-15(12)17(2,19)11-13-6-4-5-7-16(13)18/h4-10,19H,11H2,1-3H3. The molecule has 1 N–H and O–H groups in total. The van der Waals surface area contributed by atoms with Gasteiger partial charge in [-0.2, -0.15) is 0 Å². The van der Waals surface area contributed by atoms with Crippen molar-refractivity contribution in [1.82, 2.24) is 0 Å². The fourth-order valence-electron chi connectivity index (χ4n) is 2.48. The Morgan fingerprint density at radius 2 is 1.90 bits per heavy atom. The number of aryl methyl sites for hydroxylation is 1. The van der Waals surface area contributed by atoms with Gasteiger partial charge in [-0.25, -0.2) is 4.39 Å². The lowest BCUT2D eigenvalue weighted by atomic mass is 9.86. The highest BCUT2D eigenvalue weighted by molar-refractivity contribution is 5.39. The SMILES string of the molecule is COc1ccc(C(C)(O)Cc2ccccc2F)c(C)c1. The number of ether oxygens (including phenoxy) is 1. The summed E-state index contributed by atoms with van der Waals surface area (Å²) in [4.78, 5) is 0. The predicted molar refractivity (Wildman–Crippen MR) is 77.4 cm³/mol. The zero-order chi connectivity index (χ0) is 14.8. The average molecular weight is 274 g/mol. The molecule has 1 unspecified atom stereocenters. The highest BCUT2D eigenvalue weighted by Crippen LogP contribution is 2.30. The molecular weight excluding hydrogens is 255 g/mol. The van der Waals surface area contributed by atoms with Gasteiger partial charge in [-0.1, -0.05) is 24.3 Å². The number of hydrogen-bond acceptors (Lipinski definition) is 2. The molecule has 2 rings (SSSR count). The molecule has 0 aliphatic rings. The predicted octanol–water partition coefficient (Wildman–Crippen LogP) is 3.59. The fourth-order valence-corrected chi connectivity index (χ4v) is 2.48. The normalized spacial score (nSPS) is 13.8. The second-order valence-electron chi connectivity index (χ2n) is 5.22. The molecule has 0 aliphatic carbocycles. The van der Waals surface area contributed by atoms with Crippen molar-refractivity contribution in [3.8, 4) is 5.75 Å². The van der Waals surface area contributed by atoms with E-state index in [2.05, 4.69) is 0 Å². The van der Waals surface area contributed by atoms with Crippen LogP contribution in [-0.4, -0.2) is 12.2 Å². The summed E-state index contributed by atoms with van der Waals surface area (Å²) in [7, 11) is 1.60. The monoisotopic (exact) mass is 274 g/mol. The maximum Gasteiger partial charge on any atom is 0.126 e. The molecule has 2 aromatic carbocycles. The number of benzene rings is 2. The maximum absolute atomic E-state index is 13.7. The van der Waals surface area contributed by atoms with Crippen molar-refractivity contribution in [3.63, 3.8) is 0 Å². The Bertz CT molecular complexity index is 606. The van der Waals surface area contributed by atoms with E-state index in [9.17, 15) is 9.50 Å². The van der Waals surface area contributed by atoms with Crippen molar-refractivity contribution in [3.05, 3.63) is 65.0 Å². The van der Waals surface area contributed by atoms with Crippen LogP contribution in [0.3, 0.4) is 0 Å². The first-order valence-electron chi connectivity index (χ1n) is 6.55. The van der Waals surface area contributed by atoms with Crippen molar-refractivity contribution >= 4 is 0 Å². The highest BCUT2D eigenvalue weighted by atomic mass is 19.1. The number of hydrogen-bond donors (Lipinski definition) is 1. The minimum Gasteiger partial charge on any atom is -0.497 e. The average Bonchev–Trinajstić information content (AvgIpc) is 2.40. The molecule has 2 nitrogen and oxygen atoms in total. The van der Waals surface area contributed by atoms with E-state index >= 15 is 0 Å². The van der Waals surface area contributed by atoms with Gasteiger partial charge in [-0.3, -0.25) is 0 Å². The summed E-state index contributed by atoms with van der Waals surface area (Å²) in [5, 5.41) is 10.7. The first-order chi connectivity index (χ1) is 9.44. The number of methoxy groups -OCH3 is 1. The lowest BCUT2D eigenvalue weighted by Crippen LogP contribution is -2.26. The fraction of sp³-hybridized carbons (Fsp3) is 0.294. The molecule has 0 bridgehead atoms. The first kappa shape index (κ1) is 14.5. The molecule has 2 aromatic rings. The van der Waals surface area contributed by atoms with Gasteiger partial charge in [0.2, 0.25) is 0 Å². The van der Waals surface area contributed by atoms with Gasteiger partial charge in [0.25, 0.3) is 0 Å². The van der Waals surface area contributed by atoms with Crippen LogP contribution < -0.4 is 4.74 Å². The summed E-state index contributed by atoms with van der Waals surface area (Å²) in [5.74, 6) is 0.451. The Morgan fingerprint density at radius 1 is 1.20 bits per heavy atom. The second-order valence-corrected chi connectivity index (χ2v) is 5.22. The Kier molecular flexibility index (Phi) is 4.09. The lowest BCUT2D eigenvalue weighted by Gasteiger charge is -2.26. The Hall–Kier alpha value is -1.87. The minimum absolute atomic E-state index is 0.229. The Balaban J connectivity index is 2.33. The summed E-state index contributed by atoms with van der Waals surface area (Å²) in [6.07, 6.45) is 0.229. The van der Waals surface area contributed by atoms with Crippen molar-refractivity contribution in [2.45, 2.75) is 25.9 Å². The minimum atomic E-state index is -1.13. The maximum atomic E-state index is 13.7. The van der Waals surface area contributed by atoms with Crippen molar-refractivity contribution in [1.29, 1.82) is 0 Å². The molecule has 0 saturated carbocycles. The molecule has 0 aromatic heterocycles. The summed E-state index contributed by atoms with van der Waals surface area (Å²) < 4.78 is 18.9. The quantitative estimate of drug-likeness (QED) is 0.923. The number of rotatable bonds is 4. The second kappa shape index (κ2) is 5.63. The van der Waals surface area contributed by atoms with Gasteiger partial charge >= 0.3 is 0 Å². The molecule has 0 aliphatic heterocycles. The summed E-state index contributed by atoms with van der Waals surface area (Å²) in [6, 6.07) is 12.0. The molecule has 1 atom stereocenters. The molecular formula is C17H19FO2. The molecule has 0 fully saturated rings. The largest absolute Gasteiger partial charge is 0.497 e. The first-order valence-corrected chi connectivity index (χ1v) is 6.55. The summed E-state index contributed by atoms with van der Waals surface area (Å²) in [5.41, 5.74) is 1.08. The van der Waals surface area contributed by atoms with E-state index in [1.54, 1.807) is 38.3 Å². The van der Waals surface area contributed by atoms with Crippen LogP contribution in [0, 0.1) is 12.7 Å². The molecule has 0 amide bonds. The van der Waals surface area contributed by atoms with Gasteiger partial charge in [0.05, 0.1) is 12.7 Å². The summed E-state index contributed by atoms with van der Waals surface area (Å²) in [6.45, 7) is 3.61. The third kappa shape index (κ3) is 2.99. The van der Waals surface area contributed by atoms with Crippen LogP contribution in [0.5, 0.6) is 5.75 Å². The van der Waals surface area contributed by atoms with Crippen molar-refractivity contribution < 1.29 is 14.2 Å². The third-order valence-corrected chi connectivity index (χ3v) is 3.51. The smallest absolute Gasteiger partial charge is 0.126 e. The van der Waals surface area contributed by atoms with Gasteiger partial charge in [0.1, 0.15) is 11.6 Å². The zero-order valence-electron chi connectivity index (χ0n) is 12.0. The van der Waals surface area contributed by atoms with Crippen LogP contribution in [0.15, 0.2) is 42.5 Å². The molecule has 3 heteroatoms. The topological polar surface area (TPSA) is 29.5 Å². The number of aliphatic hydroxyl groups is 1. The molecule has 0 radical (unpaired) electrons. The van der Waals surface area contributed by atoms with Crippen LogP contribution in [0.4, 0.5) is 4.39 Å². The van der Waals surface area contributed by atoms with Crippen LogP contribution in [0.25, 0.3) is 0 Å². The van der Waals surface area contributed by atoms with Crippen LogP contribution in [0.2, 0.25) is 0 Å². The molecule has 0 spiro atoms. The zero-order valence-corrected chi connectivity index (χ0v) is 12.0. The van der Waals surface area contributed by atoms with E-state index in [-0.39, 0.29) is 12.2 Å². The number of halogens is 1. The van der Waals surface area contributed by atoms with Crippen LogP contribution >= 0.6 is 0 Å². The van der Waals surface area contributed by atoms with Gasteiger partial charge in [-0.15, -0.1) is 0 Å². The van der Waals surface area contributed by atoms with E-state index in [4.69, 9.17) is 4.74 Å². The third-order valence-electron chi connectivity index (χ3n) is 3.51. The lowest BCUT2D eigenvalue weighted by molar-refractivity contribution is 0.0560. The van der Waals surface area contributed by atoms with E-state index in [0.717, 1.165) is 16.9 Å². The highest BCUT2D eigenvalue weighted by Gasteiger charge is 2.26. The van der Waals surface area contributed by atoms with Gasteiger partial charge in [0, 0.05) is 6.42 Å². The Labute approximate surface area is 118 Å². The van der Waals surface area contributed by atoms with Crippen LogP contribution in [0.1, 0.15) is 23.6 Å². The molecule has 0 heterocycles. The molecule has 0 saturated heterocycles. The van der Waals surface area contributed by atoms with Crippen molar-refractivity contribution in [2.75, 3.05) is 7.11 Å². The Morgan fingerprint density at radius 3 is 2.50 bits per heavy atom. The molecule has 20 heavy (non-hydrogen) atoms. The van der Waals surface area contributed by atoms with Gasteiger partial charge in [-0.05, 0) is 48.7 Å². The van der Waals surface area contributed by atoms with Crippen LogP contribution in [-0.2, 0) is 12.0 Å². The van der Waals surface area contributed by atoms with Crippen molar-refractivity contribution in [2.24, 2.45) is 0 Å². The van der Waals surface area contributed by atoms with E-state index in [0.29, 0.717) is 5.56 Å². The van der Waals surface area contributed by atoms with E-state index in [1.165, 1.54) is 6.07 Å². The molecule has 106 valence electrons. The summed E-state index contributed by atoms with van der Waals surface area (Å²) >= 11 is 0. The van der Waals surface area contributed by atoms with E-state index in [1.807, 2.05) is 19.1 Å². The van der Waals surface area contributed by atoms with Gasteiger partial charge in [0.15, 0.2) is 0 Å². The van der Waals surface area contributed by atoms with Gasteiger partial charge < -0.3 is 9.84 Å². The van der Waals surface area contributed by atoms with E-state index < -0.39 is 5.60 Å².